The van der Waals surface area contributed by atoms with Crippen LogP contribution in [0.3, 0.4) is 0 Å². The number of nitrogens with zero attached hydrogens (tertiary/aromatic N) is 1. The molecule has 0 bridgehead atoms. The number of anilines is 1. The zero-order valence-electron chi connectivity index (χ0n) is 11.1. The van der Waals surface area contributed by atoms with Crippen molar-refractivity contribution in [3.8, 4) is 0 Å². The molecule has 1 N–H and O–H groups in total. The molecule has 4 nitrogen and oxygen atoms in total. The van der Waals surface area contributed by atoms with Crippen molar-refractivity contribution in [3.05, 3.63) is 28.2 Å². The highest BCUT2D eigenvalue weighted by Gasteiger charge is 2.29. The Morgan fingerprint density at radius 3 is 2.84 bits per heavy atom. The van der Waals surface area contributed by atoms with E-state index in [0.29, 0.717) is 12.1 Å². The normalized spacial score (nSPS) is 19.2. The van der Waals surface area contributed by atoms with Gasteiger partial charge in [-0.3, -0.25) is 9.59 Å². The molecule has 0 aromatic heterocycles. The summed E-state index contributed by atoms with van der Waals surface area (Å²) in [6, 6.07) is 5.38. The van der Waals surface area contributed by atoms with Crippen LogP contribution in [0.5, 0.6) is 0 Å². The van der Waals surface area contributed by atoms with E-state index in [4.69, 9.17) is 0 Å². The molecule has 0 radical (unpaired) electrons. The second-order valence-electron chi connectivity index (χ2n) is 4.63. The molecule has 1 heterocycles. The molecule has 1 aromatic carbocycles. The number of carbonyl (C=O) groups excluding carboxylic acids is 2. The highest BCUT2D eigenvalue weighted by atomic mass is 79.9. The summed E-state index contributed by atoms with van der Waals surface area (Å²) in [4.78, 5) is 25.3. The lowest BCUT2D eigenvalue weighted by molar-refractivity contribution is -0.123. The molecule has 1 atom stereocenters. The van der Waals surface area contributed by atoms with Crippen LogP contribution < -0.4 is 10.2 Å². The number of rotatable bonds is 3. The van der Waals surface area contributed by atoms with Crippen LogP contribution in [0.15, 0.2) is 22.7 Å². The Kier molecular flexibility index (Phi) is 4.24. The van der Waals surface area contributed by atoms with Gasteiger partial charge in [0.25, 0.3) is 0 Å². The predicted octanol–water partition coefficient (Wildman–Crippen LogP) is 2.37. The quantitative estimate of drug-likeness (QED) is 0.868. The minimum Gasteiger partial charge on any atom is -0.357 e. The smallest absolute Gasteiger partial charge is 0.242 e. The van der Waals surface area contributed by atoms with Gasteiger partial charge in [-0.05, 0) is 47.5 Å². The maximum Gasteiger partial charge on any atom is 0.242 e. The number of nitrogens with one attached hydrogen (secondary N) is 1. The van der Waals surface area contributed by atoms with Crippen molar-refractivity contribution in [2.75, 3.05) is 18.0 Å². The monoisotopic (exact) mass is 324 g/mol. The summed E-state index contributed by atoms with van der Waals surface area (Å²) in [6.45, 7) is 4.98. The topological polar surface area (TPSA) is 49.4 Å². The third-order valence-electron chi connectivity index (χ3n) is 3.38. The van der Waals surface area contributed by atoms with Gasteiger partial charge in [0.05, 0.1) is 5.69 Å². The number of carbonyl (C=O) groups is 2. The number of amides is 1. The molecule has 1 saturated heterocycles. The SMILES string of the molecule is CCC1C(=O)NCCN1c1ccc(C(C)=O)cc1Br. The van der Waals surface area contributed by atoms with Crippen molar-refractivity contribution >= 4 is 33.3 Å². The Morgan fingerprint density at radius 2 is 2.26 bits per heavy atom. The van der Waals surface area contributed by atoms with Gasteiger partial charge in [0.1, 0.15) is 6.04 Å². The summed E-state index contributed by atoms with van der Waals surface area (Å²) in [7, 11) is 0. The summed E-state index contributed by atoms with van der Waals surface area (Å²) >= 11 is 3.50. The Labute approximate surface area is 121 Å². The number of hydrogen-bond donors (Lipinski definition) is 1. The average molecular weight is 325 g/mol. The lowest BCUT2D eigenvalue weighted by atomic mass is 10.1. The van der Waals surface area contributed by atoms with Crippen molar-refractivity contribution in [2.24, 2.45) is 0 Å². The minimum absolute atomic E-state index is 0.0377. The van der Waals surface area contributed by atoms with Gasteiger partial charge in [0, 0.05) is 23.1 Å². The van der Waals surface area contributed by atoms with Crippen LogP contribution in [-0.4, -0.2) is 30.8 Å². The molecular weight excluding hydrogens is 308 g/mol. The highest BCUT2D eigenvalue weighted by Crippen LogP contribution is 2.30. The van der Waals surface area contributed by atoms with Crippen LogP contribution in [0.2, 0.25) is 0 Å². The predicted molar refractivity (Wildman–Crippen MR) is 78.6 cm³/mol. The van der Waals surface area contributed by atoms with Crippen molar-refractivity contribution in [3.63, 3.8) is 0 Å². The first kappa shape index (κ1) is 14.1. The average Bonchev–Trinajstić information content (AvgIpc) is 2.38. The summed E-state index contributed by atoms with van der Waals surface area (Å²) < 4.78 is 0.855. The first-order chi connectivity index (χ1) is 9.04. The van der Waals surface area contributed by atoms with Gasteiger partial charge in [0.15, 0.2) is 5.78 Å². The maximum atomic E-state index is 11.9. The van der Waals surface area contributed by atoms with E-state index in [0.717, 1.165) is 23.1 Å². The number of Topliss-reactive ketones (excluding diaryl/α,β-unsaturated/α-hetero) is 1. The molecule has 19 heavy (non-hydrogen) atoms. The Balaban J connectivity index is 2.35. The third-order valence-corrected chi connectivity index (χ3v) is 4.02. The molecule has 0 saturated carbocycles. The standard InChI is InChI=1S/C14H17BrN2O2/c1-3-12-14(19)16-6-7-17(12)13-5-4-10(9(2)18)8-11(13)15/h4-5,8,12H,3,6-7H2,1-2H3,(H,16,19). The van der Waals surface area contributed by atoms with Crippen molar-refractivity contribution in [2.45, 2.75) is 26.3 Å². The molecule has 5 heteroatoms. The zero-order chi connectivity index (χ0) is 14.0. The van der Waals surface area contributed by atoms with Crippen LogP contribution in [0, 0.1) is 0 Å². The minimum atomic E-state index is -0.145. The number of halogens is 1. The summed E-state index contributed by atoms with van der Waals surface area (Å²) in [6.07, 6.45) is 0.757. The van der Waals surface area contributed by atoms with Crippen molar-refractivity contribution in [1.82, 2.24) is 5.32 Å². The maximum absolute atomic E-state index is 11.9. The molecule has 0 spiro atoms. The van der Waals surface area contributed by atoms with E-state index in [1.807, 2.05) is 25.1 Å². The fraction of sp³-hybridized carbons (Fsp3) is 0.429. The molecule has 0 aliphatic carbocycles. The second kappa shape index (κ2) is 5.74. The van der Waals surface area contributed by atoms with E-state index in [1.165, 1.54) is 0 Å². The zero-order valence-corrected chi connectivity index (χ0v) is 12.7. The van der Waals surface area contributed by atoms with Crippen LogP contribution in [0.1, 0.15) is 30.6 Å². The Hall–Kier alpha value is -1.36. The lowest BCUT2D eigenvalue weighted by Crippen LogP contribution is -2.55. The fourth-order valence-electron chi connectivity index (χ4n) is 2.37. The van der Waals surface area contributed by atoms with E-state index in [-0.39, 0.29) is 17.7 Å². The van der Waals surface area contributed by atoms with Gasteiger partial charge < -0.3 is 10.2 Å². The highest BCUT2D eigenvalue weighted by molar-refractivity contribution is 9.10. The van der Waals surface area contributed by atoms with Crippen LogP contribution in [0.25, 0.3) is 0 Å². The van der Waals surface area contributed by atoms with Crippen molar-refractivity contribution < 1.29 is 9.59 Å². The fourth-order valence-corrected chi connectivity index (χ4v) is 2.97. The second-order valence-corrected chi connectivity index (χ2v) is 5.49. The number of piperazine rings is 1. The van der Waals surface area contributed by atoms with Crippen LogP contribution in [-0.2, 0) is 4.79 Å². The third kappa shape index (κ3) is 2.81. The largest absolute Gasteiger partial charge is 0.357 e. The van der Waals surface area contributed by atoms with E-state index >= 15 is 0 Å². The van der Waals surface area contributed by atoms with E-state index in [9.17, 15) is 9.59 Å². The van der Waals surface area contributed by atoms with Crippen LogP contribution in [0.4, 0.5) is 5.69 Å². The van der Waals surface area contributed by atoms with Gasteiger partial charge in [-0.1, -0.05) is 6.92 Å². The van der Waals surface area contributed by atoms with E-state index in [1.54, 1.807) is 6.92 Å². The molecule has 1 aromatic rings. The molecule has 1 fully saturated rings. The molecule has 1 amide bonds. The number of ketones is 1. The van der Waals surface area contributed by atoms with Crippen molar-refractivity contribution in [1.29, 1.82) is 0 Å². The van der Waals surface area contributed by atoms with E-state index in [2.05, 4.69) is 26.1 Å². The Morgan fingerprint density at radius 1 is 1.53 bits per heavy atom. The number of hydrogen-bond acceptors (Lipinski definition) is 3. The van der Waals surface area contributed by atoms with E-state index < -0.39 is 0 Å². The number of benzene rings is 1. The van der Waals surface area contributed by atoms with Gasteiger partial charge >= 0.3 is 0 Å². The molecule has 1 aliphatic rings. The van der Waals surface area contributed by atoms with Gasteiger partial charge in [-0.2, -0.15) is 0 Å². The van der Waals surface area contributed by atoms with Gasteiger partial charge in [0.2, 0.25) is 5.91 Å². The van der Waals surface area contributed by atoms with Gasteiger partial charge in [-0.15, -0.1) is 0 Å². The molecule has 102 valence electrons. The molecule has 1 unspecified atom stereocenters. The Bertz CT molecular complexity index is 516. The first-order valence-corrected chi connectivity index (χ1v) is 7.18. The summed E-state index contributed by atoms with van der Waals surface area (Å²) in [5.74, 6) is 0.104. The lowest BCUT2D eigenvalue weighted by Gasteiger charge is -2.37. The molecule has 2 rings (SSSR count). The first-order valence-electron chi connectivity index (χ1n) is 6.39. The van der Waals surface area contributed by atoms with Gasteiger partial charge in [-0.25, -0.2) is 0 Å². The molecule has 1 aliphatic heterocycles. The summed E-state index contributed by atoms with van der Waals surface area (Å²) in [5, 5.41) is 2.88. The summed E-state index contributed by atoms with van der Waals surface area (Å²) in [5.41, 5.74) is 1.64. The molecular formula is C14H17BrN2O2. The van der Waals surface area contributed by atoms with Crippen LogP contribution >= 0.6 is 15.9 Å².